The standard InChI is InChI=1S/C26H27Cl2N5O3/c1-3-4-9-30-23(34)15-32-14-22(18-7-5-17(13-29)6-8-18)26(16-32)24(35)33(25(36)31(26)2)21-11-19(27)10-20(28)12-21/h5-8,10-12,22H,3-4,9,14-16H2,1-2H3,(H,30,34). The summed E-state index contributed by atoms with van der Waals surface area (Å²) in [5.41, 5.74) is 0.349. The predicted molar refractivity (Wildman–Crippen MR) is 138 cm³/mol. The maximum Gasteiger partial charge on any atom is 0.332 e. The fourth-order valence-electron chi connectivity index (χ4n) is 5.08. The van der Waals surface area contributed by atoms with E-state index in [4.69, 9.17) is 23.2 Å². The molecule has 2 aliphatic heterocycles. The Balaban J connectivity index is 1.72. The van der Waals surface area contributed by atoms with Crippen molar-refractivity contribution >= 4 is 46.7 Å². The zero-order valence-corrected chi connectivity index (χ0v) is 21.6. The number of unbranched alkanes of at least 4 members (excludes halogenated alkanes) is 1. The van der Waals surface area contributed by atoms with Crippen LogP contribution in [0.5, 0.6) is 0 Å². The maximum atomic E-state index is 14.1. The number of hydrogen-bond donors (Lipinski definition) is 1. The highest BCUT2D eigenvalue weighted by Crippen LogP contribution is 2.46. The second-order valence-corrected chi connectivity index (χ2v) is 10.1. The summed E-state index contributed by atoms with van der Waals surface area (Å²) in [5.74, 6) is -0.955. The van der Waals surface area contributed by atoms with Crippen molar-refractivity contribution in [2.24, 2.45) is 0 Å². The van der Waals surface area contributed by atoms with Crippen LogP contribution in [0.15, 0.2) is 42.5 Å². The first-order valence-electron chi connectivity index (χ1n) is 11.8. The highest BCUT2D eigenvalue weighted by Gasteiger charge is 2.64. The molecule has 2 heterocycles. The average molecular weight is 528 g/mol. The molecule has 36 heavy (non-hydrogen) atoms. The van der Waals surface area contributed by atoms with Gasteiger partial charge in [-0.1, -0.05) is 48.7 Å². The molecule has 0 bridgehead atoms. The first-order valence-corrected chi connectivity index (χ1v) is 12.5. The Morgan fingerprint density at radius 1 is 1.17 bits per heavy atom. The summed E-state index contributed by atoms with van der Waals surface area (Å²) in [6.45, 7) is 3.33. The molecule has 188 valence electrons. The lowest BCUT2D eigenvalue weighted by atomic mass is 9.80. The SMILES string of the molecule is CCCCNC(=O)CN1CC(c2ccc(C#N)cc2)C2(C1)C(=O)N(c1cc(Cl)cc(Cl)c1)C(=O)N2C. The van der Waals surface area contributed by atoms with Crippen molar-refractivity contribution in [2.45, 2.75) is 31.2 Å². The molecule has 4 amide bonds. The molecule has 10 heteroatoms. The third-order valence-electron chi connectivity index (χ3n) is 6.90. The monoisotopic (exact) mass is 527 g/mol. The first kappa shape index (κ1) is 26.0. The number of rotatable bonds is 7. The van der Waals surface area contributed by atoms with Gasteiger partial charge in [0.2, 0.25) is 5.91 Å². The van der Waals surface area contributed by atoms with Gasteiger partial charge in [0.25, 0.3) is 5.91 Å². The minimum Gasteiger partial charge on any atom is -0.355 e. The number of carbonyl (C=O) groups excluding carboxylic acids is 3. The van der Waals surface area contributed by atoms with Gasteiger partial charge in [0.1, 0.15) is 5.54 Å². The van der Waals surface area contributed by atoms with Crippen molar-refractivity contribution in [1.82, 2.24) is 15.1 Å². The van der Waals surface area contributed by atoms with E-state index in [1.807, 2.05) is 4.90 Å². The van der Waals surface area contributed by atoms with Crippen LogP contribution in [0.2, 0.25) is 10.0 Å². The van der Waals surface area contributed by atoms with Crippen LogP contribution >= 0.6 is 23.2 Å². The zero-order valence-electron chi connectivity index (χ0n) is 20.1. The van der Waals surface area contributed by atoms with Crippen molar-refractivity contribution in [3.8, 4) is 6.07 Å². The van der Waals surface area contributed by atoms with Crippen LogP contribution in [-0.2, 0) is 9.59 Å². The highest BCUT2D eigenvalue weighted by molar-refractivity contribution is 6.35. The van der Waals surface area contributed by atoms with E-state index in [-0.39, 0.29) is 19.0 Å². The molecule has 2 fully saturated rings. The number of carbonyl (C=O) groups is 3. The molecule has 0 radical (unpaired) electrons. The van der Waals surface area contributed by atoms with Crippen LogP contribution < -0.4 is 10.2 Å². The van der Waals surface area contributed by atoms with Crippen LogP contribution in [-0.4, -0.2) is 66.4 Å². The van der Waals surface area contributed by atoms with E-state index >= 15 is 0 Å². The number of likely N-dealkylation sites (tertiary alicyclic amines) is 1. The largest absolute Gasteiger partial charge is 0.355 e. The van der Waals surface area contributed by atoms with Gasteiger partial charge in [0.05, 0.1) is 23.9 Å². The second-order valence-electron chi connectivity index (χ2n) is 9.19. The smallest absolute Gasteiger partial charge is 0.332 e. The topological polar surface area (TPSA) is 96.7 Å². The maximum absolute atomic E-state index is 14.1. The summed E-state index contributed by atoms with van der Waals surface area (Å²) in [7, 11) is 1.61. The Bertz CT molecular complexity index is 1210. The van der Waals surface area contributed by atoms with E-state index in [0.29, 0.717) is 34.4 Å². The molecule has 2 saturated heterocycles. The quantitative estimate of drug-likeness (QED) is 0.433. The molecule has 2 aromatic carbocycles. The third kappa shape index (κ3) is 4.66. The van der Waals surface area contributed by atoms with E-state index in [1.165, 1.54) is 23.1 Å². The van der Waals surface area contributed by atoms with E-state index in [1.54, 1.807) is 31.3 Å². The highest BCUT2D eigenvalue weighted by atomic mass is 35.5. The number of hydrogen-bond acceptors (Lipinski definition) is 5. The summed E-state index contributed by atoms with van der Waals surface area (Å²) in [4.78, 5) is 44.7. The Kier molecular flexibility index (Phi) is 7.55. The van der Waals surface area contributed by atoms with Gasteiger partial charge >= 0.3 is 6.03 Å². The third-order valence-corrected chi connectivity index (χ3v) is 7.34. The summed E-state index contributed by atoms with van der Waals surface area (Å²) in [6, 6.07) is 13.2. The van der Waals surface area contributed by atoms with Crippen LogP contribution in [0, 0.1) is 11.3 Å². The minimum atomic E-state index is -1.25. The number of anilines is 1. The van der Waals surface area contributed by atoms with Gasteiger partial charge in [-0.2, -0.15) is 5.26 Å². The molecule has 2 unspecified atom stereocenters. The number of amides is 4. The van der Waals surface area contributed by atoms with E-state index in [0.717, 1.165) is 23.3 Å². The van der Waals surface area contributed by atoms with Gasteiger partial charge in [-0.05, 0) is 42.3 Å². The lowest BCUT2D eigenvalue weighted by Gasteiger charge is -2.34. The minimum absolute atomic E-state index is 0.108. The molecule has 8 nitrogen and oxygen atoms in total. The average Bonchev–Trinajstić information content (AvgIpc) is 3.30. The number of urea groups is 1. The molecule has 0 aliphatic carbocycles. The molecule has 1 spiro atoms. The molecule has 0 saturated carbocycles. The van der Waals surface area contributed by atoms with Gasteiger partial charge in [-0.3, -0.25) is 14.5 Å². The van der Waals surface area contributed by atoms with Gasteiger partial charge in [0, 0.05) is 42.6 Å². The molecule has 1 N–H and O–H groups in total. The Morgan fingerprint density at radius 2 is 1.83 bits per heavy atom. The number of benzene rings is 2. The number of nitriles is 1. The van der Waals surface area contributed by atoms with Crippen LogP contribution in [0.1, 0.15) is 36.8 Å². The number of likely N-dealkylation sites (N-methyl/N-ethyl adjacent to an activating group) is 1. The fourth-order valence-corrected chi connectivity index (χ4v) is 5.59. The molecule has 4 rings (SSSR count). The summed E-state index contributed by atoms with van der Waals surface area (Å²) >= 11 is 12.3. The molecule has 2 aliphatic rings. The van der Waals surface area contributed by atoms with Gasteiger partial charge in [-0.15, -0.1) is 0 Å². The van der Waals surface area contributed by atoms with Crippen LogP contribution in [0.25, 0.3) is 0 Å². The second kappa shape index (κ2) is 10.5. The molecule has 0 aromatic heterocycles. The molecular weight excluding hydrogens is 501 g/mol. The number of nitrogens with zero attached hydrogens (tertiary/aromatic N) is 4. The zero-order chi connectivity index (χ0) is 26.0. The van der Waals surface area contributed by atoms with E-state index in [9.17, 15) is 19.6 Å². The molecule has 2 atom stereocenters. The van der Waals surface area contributed by atoms with Crippen molar-refractivity contribution in [3.05, 3.63) is 63.6 Å². The molecule has 2 aromatic rings. The Morgan fingerprint density at radius 3 is 2.44 bits per heavy atom. The van der Waals surface area contributed by atoms with Gasteiger partial charge < -0.3 is 10.2 Å². The summed E-state index contributed by atoms with van der Waals surface area (Å²) < 4.78 is 0. The van der Waals surface area contributed by atoms with Crippen molar-refractivity contribution in [3.63, 3.8) is 0 Å². The summed E-state index contributed by atoms with van der Waals surface area (Å²) in [6.07, 6.45) is 1.86. The number of imide groups is 1. The lowest BCUT2D eigenvalue weighted by molar-refractivity contribution is -0.125. The van der Waals surface area contributed by atoms with Gasteiger partial charge in [0.15, 0.2) is 0 Å². The normalized spacial score (nSPS) is 21.9. The Hall–Kier alpha value is -3.12. The molecular formula is C26H27Cl2N5O3. The predicted octanol–water partition coefficient (Wildman–Crippen LogP) is 4.02. The van der Waals surface area contributed by atoms with Crippen molar-refractivity contribution < 1.29 is 14.4 Å². The van der Waals surface area contributed by atoms with Crippen molar-refractivity contribution in [1.29, 1.82) is 5.26 Å². The van der Waals surface area contributed by atoms with Crippen LogP contribution in [0.4, 0.5) is 10.5 Å². The van der Waals surface area contributed by atoms with Gasteiger partial charge in [-0.25, -0.2) is 9.69 Å². The number of halogens is 2. The lowest BCUT2D eigenvalue weighted by Crippen LogP contribution is -2.54. The fraction of sp³-hybridized carbons (Fsp3) is 0.385. The van der Waals surface area contributed by atoms with E-state index in [2.05, 4.69) is 18.3 Å². The van der Waals surface area contributed by atoms with Crippen molar-refractivity contribution in [2.75, 3.05) is 38.1 Å². The van der Waals surface area contributed by atoms with Crippen LogP contribution in [0.3, 0.4) is 0 Å². The first-order chi connectivity index (χ1) is 17.2. The Labute approximate surface area is 220 Å². The number of nitrogens with one attached hydrogen (secondary N) is 1. The van der Waals surface area contributed by atoms with E-state index < -0.39 is 23.4 Å². The summed E-state index contributed by atoms with van der Waals surface area (Å²) in [5, 5.41) is 12.7.